The summed E-state index contributed by atoms with van der Waals surface area (Å²) in [5.74, 6) is 2.27. The van der Waals surface area contributed by atoms with Crippen LogP contribution >= 0.6 is 0 Å². The maximum Gasteiger partial charge on any atom is 0.324 e. The van der Waals surface area contributed by atoms with Gasteiger partial charge in [0.1, 0.15) is 11.6 Å². The molecular formula is C16H27NO2. The van der Waals surface area contributed by atoms with Gasteiger partial charge < -0.3 is 10.5 Å². The number of rotatable bonds is 2. The van der Waals surface area contributed by atoms with Crippen LogP contribution in [0.2, 0.25) is 0 Å². The summed E-state index contributed by atoms with van der Waals surface area (Å²) in [4.78, 5) is 12.3. The predicted molar refractivity (Wildman–Crippen MR) is 74.4 cm³/mol. The SMILES string of the molecule is CC(C)(C)OC(=O)C(N)C12CC3CC(CC(C3)C1)C2. The Labute approximate surface area is 116 Å². The first kappa shape index (κ1) is 13.4. The van der Waals surface area contributed by atoms with Crippen LogP contribution < -0.4 is 5.73 Å². The zero-order valence-corrected chi connectivity index (χ0v) is 12.4. The summed E-state index contributed by atoms with van der Waals surface area (Å²) in [5.41, 5.74) is 5.97. The molecule has 1 atom stereocenters. The molecule has 0 aromatic heterocycles. The Hall–Kier alpha value is -0.570. The number of ether oxygens (including phenoxy) is 1. The van der Waals surface area contributed by atoms with E-state index in [0.29, 0.717) is 0 Å². The van der Waals surface area contributed by atoms with Crippen molar-refractivity contribution in [2.45, 2.75) is 70.9 Å². The van der Waals surface area contributed by atoms with Gasteiger partial charge in [-0.15, -0.1) is 0 Å². The molecule has 1 unspecified atom stereocenters. The van der Waals surface area contributed by atoms with E-state index in [1.807, 2.05) is 20.8 Å². The van der Waals surface area contributed by atoms with Gasteiger partial charge in [-0.05, 0) is 82.5 Å². The summed E-state index contributed by atoms with van der Waals surface area (Å²) in [6.07, 6.45) is 7.58. The van der Waals surface area contributed by atoms with Gasteiger partial charge in [-0.25, -0.2) is 0 Å². The lowest BCUT2D eigenvalue weighted by molar-refractivity contribution is -0.166. The van der Waals surface area contributed by atoms with E-state index in [1.54, 1.807) is 0 Å². The fraction of sp³-hybridized carbons (Fsp3) is 0.938. The van der Waals surface area contributed by atoms with Crippen molar-refractivity contribution >= 4 is 5.97 Å². The molecule has 0 aliphatic heterocycles. The van der Waals surface area contributed by atoms with E-state index < -0.39 is 11.6 Å². The van der Waals surface area contributed by atoms with Gasteiger partial charge in [0.05, 0.1) is 0 Å². The van der Waals surface area contributed by atoms with Crippen LogP contribution in [0.1, 0.15) is 59.3 Å². The van der Waals surface area contributed by atoms with E-state index in [-0.39, 0.29) is 11.4 Å². The Morgan fingerprint density at radius 2 is 1.53 bits per heavy atom. The summed E-state index contributed by atoms with van der Waals surface area (Å²) < 4.78 is 5.53. The Bertz CT molecular complexity index is 347. The summed E-state index contributed by atoms with van der Waals surface area (Å²) in [6, 6.07) is -0.417. The molecular weight excluding hydrogens is 238 g/mol. The average Bonchev–Trinajstić information content (AvgIpc) is 2.23. The Morgan fingerprint density at radius 1 is 1.11 bits per heavy atom. The van der Waals surface area contributed by atoms with Gasteiger partial charge >= 0.3 is 5.97 Å². The minimum absolute atomic E-state index is 0.0527. The van der Waals surface area contributed by atoms with E-state index in [9.17, 15) is 4.79 Å². The highest BCUT2D eigenvalue weighted by atomic mass is 16.6. The second kappa shape index (κ2) is 4.21. The van der Waals surface area contributed by atoms with Crippen molar-refractivity contribution < 1.29 is 9.53 Å². The molecule has 0 spiro atoms. The third kappa shape index (κ3) is 2.42. The normalized spacial score (nSPS) is 42.2. The zero-order chi connectivity index (χ0) is 13.8. The molecule has 0 saturated heterocycles. The smallest absolute Gasteiger partial charge is 0.324 e. The first-order valence-corrected chi connectivity index (χ1v) is 7.76. The molecule has 4 bridgehead atoms. The van der Waals surface area contributed by atoms with Crippen molar-refractivity contribution in [3.05, 3.63) is 0 Å². The van der Waals surface area contributed by atoms with Crippen molar-refractivity contribution in [1.29, 1.82) is 0 Å². The van der Waals surface area contributed by atoms with Gasteiger partial charge in [0, 0.05) is 0 Å². The first-order valence-electron chi connectivity index (χ1n) is 7.76. The topological polar surface area (TPSA) is 52.3 Å². The van der Waals surface area contributed by atoms with Crippen LogP contribution in [0.3, 0.4) is 0 Å². The minimum Gasteiger partial charge on any atom is -0.459 e. The molecule has 108 valence electrons. The van der Waals surface area contributed by atoms with Crippen molar-refractivity contribution in [2.24, 2.45) is 28.9 Å². The van der Waals surface area contributed by atoms with Crippen LogP contribution in [0.4, 0.5) is 0 Å². The molecule has 4 saturated carbocycles. The molecule has 0 heterocycles. The van der Waals surface area contributed by atoms with E-state index in [4.69, 9.17) is 10.5 Å². The number of esters is 1. The Morgan fingerprint density at radius 3 is 1.89 bits per heavy atom. The van der Waals surface area contributed by atoms with Gasteiger partial charge in [-0.1, -0.05) is 0 Å². The molecule has 0 radical (unpaired) electrons. The van der Waals surface area contributed by atoms with Gasteiger partial charge in [-0.2, -0.15) is 0 Å². The third-order valence-corrected chi connectivity index (χ3v) is 5.41. The van der Waals surface area contributed by atoms with Crippen LogP contribution in [0.15, 0.2) is 0 Å². The van der Waals surface area contributed by atoms with Crippen LogP contribution in [-0.2, 0) is 9.53 Å². The summed E-state index contributed by atoms with van der Waals surface area (Å²) in [6.45, 7) is 5.74. The maximum absolute atomic E-state index is 12.3. The quantitative estimate of drug-likeness (QED) is 0.781. The lowest BCUT2D eigenvalue weighted by Crippen LogP contribution is -2.58. The van der Waals surface area contributed by atoms with Crippen LogP contribution in [0, 0.1) is 23.2 Å². The largest absolute Gasteiger partial charge is 0.459 e. The molecule has 4 aliphatic rings. The van der Waals surface area contributed by atoms with Gasteiger partial charge in [0.15, 0.2) is 0 Å². The monoisotopic (exact) mass is 265 g/mol. The highest BCUT2D eigenvalue weighted by molar-refractivity contribution is 5.77. The standard InChI is InChI=1S/C16H27NO2/c1-15(2,3)19-14(18)13(17)16-7-10-4-11(8-16)6-12(5-10)9-16/h10-13H,4-9,17H2,1-3H3. The highest BCUT2D eigenvalue weighted by Crippen LogP contribution is 2.61. The average molecular weight is 265 g/mol. The number of carbonyl (C=O) groups excluding carboxylic acids is 1. The maximum atomic E-state index is 12.3. The minimum atomic E-state index is -0.434. The van der Waals surface area contributed by atoms with E-state index in [0.717, 1.165) is 37.0 Å². The second-order valence-corrected chi connectivity index (χ2v) is 8.29. The lowest BCUT2D eigenvalue weighted by Gasteiger charge is -2.58. The van der Waals surface area contributed by atoms with Crippen LogP contribution in [0.5, 0.6) is 0 Å². The summed E-state index contributed by atoms with van der Waals surface area (Å²) in [5, 5.41) is 0. The molecule has 0 aromatic carbocycles. The van der Waals surface area contributed by atoms with Gasteiger partial charge in [0.25, 0.3) is 0 Å². The Kier molecular flexibility index (Phi) is 2.97. The number of hydrogen-bond acceptors (Lipinski definition) is 3. The van der Waals surface area contributed by atoms with Crippen LogP contribution in [-0.4, -0.2) is 17.6 Å². The summed E-state index contributed by atoms with van der Waals surface area (Å²) in [7, 11) is 0. The van der Waals surface area contributed by atoms with Gasteiger partial charge in [-0.3, -0.25) is 4.79 Å². The second-order valence-electron chi connectivity index (χ2n) is 8.29. The highest BCUT2D eigenvalue weighted by Gasteiger charge is 2.55. The molecule has 3 nitrogen and oxygen atoms in total. The fourth-order valence-corrected chi connectivity index (χ4v) is 5.17. The Balaban J connectivity index is 1.76. The molecule has 3 heteroatoms. The summed E-state index contributed by atoms with van der Waals surface area (Å²) >= 11 is 0. The van der Waals surface area contributed by atoms with Crippen molar-refractivity contribution in [1.82, 2.24) is 0 Å². The predicted octanol–water partition coefficient (Wildman–Crippen LogP) is 2.87. The van der Waals surface area contributed by atoms with Crippen LogP contribution in [0.25, 0.3) is 0 Å². The molecule has 19 heavy (non-hydrogen) atoms. The number of carbonyl (C=O) groups is 1. The molecule has 0 amide bonds. The van der Waals surface area contributed by atoms with E-state index in [2.05, 4.69) is 0 Å². The molecule has 4 fully saturated rings. The lowest BCUT2D eigenvalue weighted by atomic mass is 9.48. The van der Waals surface area contributed by atoms with E-state index in [1.165, 1.54) is 19.3 Å². The third-order valence-electron chi connectivity index (χ3n) is 5.41. The van der Waals surface area contributed by atoms with E-state index >= 15 is 0 Å². The number of hydrogen-bond donors (Lipinski definition) is 1. The zero-order valence-electron chi connectivity index (χ0n) is 12.4. The molecule has 4 rings (SSSR count). The van der Waals surface area contributed by atoms with Crippen molar-refractivity contribution in [2.75, 3.05) is 0 Å². The van der Waals surface area contributed by atoms with Crippen molar-refractivity contribution in [3.63, 3.8) is 0 Å². The molecule has 4 aliphatic carbocycles. The number of nitrogens with two attached hydrogens (primary N) is 1. The van der Waals surface area contributed by atoms with Gasteiger partial charge in [0.2, 0.25) is 0 Å². The molecule has 0 aromatic rings. The molecule has 2 N–H and O–H groups in total. The van der Waals surface area contributed by atoms with Crippen molar-refractivity contribution in [3.8, 4) is 0 Å². The first-order chi connectivity index (χ1) is 8.77. The fourth-order valence-electron chi connectivity index (χ4n) is 5.17.